The van der Waals surface area contributed by atoms with Crippen LogP contribution in [0.1, 0.15) is 21.6 Å². The van der Waals surface area contributed by atoms with Crippen LogP contribution in [-0.4, -0.2) is 20.2 Å². The van der Waals surface area contributed by atoms with Crippen molar-refractivity contribution >= 4 is 16.9 Å². The summed E-state index contributed by atoms with van der Waals surface area (Å²) in [5.74, 6) is -1.21. The largest absolute Gasteiger partial charge is 0.477 e. The number of aryl methyl sites for hydroxylation is 1. The molecule has 0 saturated carbocycles. The number of rotatable bonds is 4. The lowest BCUT2D eigenvalue weighted by molar-refractivity contribution is 0.0695. The number of carbonyl (C=O) groups is 1. The molecule has 0 bridgehead atoms. The molecule has 2 heterocycles. The predicted molar refractivity (Wildman–Crippen MR) is 110 cm³/mol. The number of aromatic nitrogens is 2. The number of benzene rings is 2. The van der Waals surface area contributed by atoms with E-state index in [0.29, 0.717) is 11.9 Å². The topological polar surface area (TPSA) is 64.2 Å². The van der Waals surface area contributed by atoms with Crippen molar-refractivity contribution in [3.63, 3.8) is 0 Å². The van der Waals surface area contributed by atoms with Gasteiger partial charge in [0.15, 0.2) is 0 Å². The molecule has 0 unspecified atom stereocenters. The first-order valence-corrected chi connectivity index (χ1v) is 9.04. The molecule has 4 rings (SSSR count). The van der Waals surface area contributed by atoms with Crippen LogP contribution in [0.5, 0.6) is 0 Å². The van der Waals surface area contributed by atoms with E-state index in [1.54, 1.807) is 0 Å². The van der Waals surface area contributed by atoms with Gasteiger partial charge in [0.25, 0.3) is 0 Å². The molecular formula is C23H20N2O3. The van der Waals surface area contributed by atoms with Crippen LogP contribution in [0, 0.1) is 6.92 Å². The molecule has 0 spiro atoms. The van der Waals surface area contributed by atoms with E-state index < -0.39 is 11.4 Å². The normalized spacial score (nSPS) is 11.1. The second-order valence-electron chi connectivity index (χ2n) is 6.87. The summed E-state index contributed by atoms with van der Waals surface area (Å²) in [5.41, 5.74) is 3.77. The number of carboxylic acids is 1. The number of carboxylic acid groups (broad SMARTS) is 1. The zero-order chi connectivity index (χ0) is 19.8. The Morgan fingerprint density at radius 3 is 2.21 bits per heavy atom. The molecule has 0 fully saturated rings. The number of hydrogen-bond acceptors (Lipinski definition) is 2. The van der Waals surface area contributed by atoms with Gasteiger partial charge in [-0.15, -0.1) is 0 Å². The third kappa shape index (κ3) is 2.81. The van der Waals surface area contributed by atoms with Crippen LogP contribution >= 0.6 is 0 Å². The molecule has 5 nitrogen and oxygen atoms in total. The van der Waals surface area contributed by atoms with Gasteiger partial charge >= 0.3 is 5.97 Å². The maximum absolute atomic E-state index is 13.0. The van der Waals surface area contributed by atoms with Crippen molar-refractivity contribution in [2.24, 2.45) is 7.05 Å². The van der Waals surface area contributed by atoms with Crippen LogP contribution in [0.4, 0.5) is 0 Å². The van der Waals surface area contributed by atoms with E-state index >= 15 is 0 Å². The maximum atomic E-state index is 13.0. The molecule has 28 heavy (non-hydrogen) atoms. The zero-order valence-electron chi connectivity index (χ0n) is 15.7. The predicted octanol–water partition coefficient (Wildman–Crippen LogP) is 4.06. The molecule has 2 aromatic carbocycles. The summed E-state index contributed by atoms with van der Waals surface area (Å²) >= 11 is 0. The fourth-order valence-corrected chi connectivity index (χ4v) is 3.73. The highest BCUT2D eigenvalue weighted by Gasteiger charge is 2.23. The number of fused-ring (bicyclic) bond motifs is 1. The minimum absolute atomic E-state index is 0.211. The Balaban J connectivity index is 2.11. The first-order valence-electron chi connectivity index (χ1n) is 9.04. The average molecular weight is 372 g/mol. The van der Waals surface area contributed by atoms with Crippen molar-refractivity contribution in [2.75, 3.05) is 0 Å². The molecule has 5 heteroatoms. The van der Waals surface area contributed by atoms with Gasteiger partial charge in [0.1, 0.15) is 5.56 Å². The summed E-state index contributed by atoms with van der Waals surface area (Å²) in [6, 6.07) is 19.7. The van der Waals surface area contributed by atoms with E-state index in [4.69, 9.17) is 0 Å². The second kappa shape index (κ2) is 6.85. The Bertz CT molecular complexity index is 1240. The Morgan fingerprint density at radius 2 is 1.61 bits per heavy atom. The summed E-state index contributed by atoms with van der Waals surface area (Å²) in [4.78, 5) is 24.7. The molecule has 0 amide bonds. The quantitative estimate of drug-likeness (QED) is 0.587. The second-order valence-corrected chi connectivity index (χ2v) is 6.87. The van der Waals surface area contributed by atoms with Gasteiger partial charge in [0.05, 0.1) is 16.6 Å². The molecule has 2 aromatic heterocycles. The summed E-state index contributed by atoms with van der Waals surface area (Å²) in [7, 11) is 1.91. The van der Waals surface area contributed by atoms with Crippen LogP contribution in [0.3, 0.4) is 0 Å². The lowest BCUT2D eigenvalue weighted by Gasteiger charge is -2.13. The van der Waals surface area contributed by atoms with Crippen molar-refractivity contribution < 1.29 is 9.90 Å². The van der Waals surface area contributed by atoms with Gasteiger partial charge in [0.2, 0.25) is 5.43 Å². The molecule has 0 radical (unpaired) electrons. The number of hydrogen-bond donors (Lipinski definition) is 1. The molecule has 4 aromatic rings. The summed E-state index contributed by atoms with van der Waals surface area (Å²) in [6.45, 7) is 2.33. The SMILES string of the molecule is Cc1c2c(=O)c(C(=O)O)cn(Cc3ccccc3)c2c(-c2ccccc2)n1C. The summed E-state index contributed by atoms with van der Waals surface area (Å²) < 4.78 is 3.85. The van der Waals surface area contributed by atoms with Crippen LogP contribution in [-0.2, 0) is 13.6 Å². The van der Waals surface area contributed by atoms with Crippen molar-refractivity contribution in [1.82, 2.24) is 9.13 Å². The van der Waals surface area contributed by atoms with Gasteiger partial charge in [-0.05, 0) is 12.5 Å². The lowest BCUT2D eigenvalue weighted by Crippen LogP contribution is -2.19. The number of nitrogens with zero attached hydrogens (tertiary/aromatic N) is 2. The van der Waals surface area contributed by atoms with Gasteiger partial charge in [-0.25, -0.2) is 4.79 Å². The zero-order valence-corrected chi connectivity index (χ0v) is 15.7. The molecule has 1 N–H and O–H groups in total. The molecule has 140 valence electrons. The van der Waals surface area contributed by atoms with Crippen molar-refractivity contribution in [3.05, 3.63) is 93.9 Å². The van der Waals surface area contributed by atoms with Crippen molar-refractivity contribution in [1.29, 1.82) is 0 Å². The number of pyridine rings is 1. The van der Waals surface area contributed by atoms with Crippen LogP contribution in [0.15, 0.2) is 71.7 Å². The lowest BCUT2D eigenvalue weighted by atomic mass is 10.1. The fourth-order valence-electron chi connectivity index (χ4n) is 3.73. The van der Waals surface area contributed by atoms with Crippen LogP contribution in [0.25, 0.3) is 22.2 Å². The maximum Gasteiger partial charge on any atom is 0.341 e. The highest BCUT2D eigenvalue weighted by molar-refractivity contribution is 5.99. The fraction of sp³-hybridized carbons (Fsp3) is 0.130. The van der Waals surface area contributed by atoms with Gasteiger partial charge in [-0.2, -0.15) is 0 Å². The minimum atomic E-state index is -1.21. The molecule has 0 aliphatic heterocycles. The highest BCUT2D eigenvalue weighted by Crippen LogP contribution is 2.32. The molecule has 0 aliphatic carbocycles. The van der Waals surface area contributed by atoms with E-state index in [1.807, 2.05) is 83.8 Å². The first kappa shape index (κ1) is 17.8. The van der Waals surface area contributed by atoms with Crippen molar-refractivity contribution in [3.8, 4) is 11.3 Å². The Hall–Kier alpha value is -3.60. The summed E-state index contributed by atoms with van der Waals surface area (Å²) in [5, 5.41) is 10.0. The standard InChI is InChI=1S/C23H20N2O3/c1-15-19-21(20(24(15)2)17-11-7-4-8-12-17)25(13-16-9-5-3-6-10-16)14-18(22(19)26)23(27)28/h3-12,14H,13H2,1-2H3,(H,27,28). The first-order chi connectivity index (χ1) is 13.5. The molecule has 0 saturated heterocycles. The van der Waals surface area contributed by atoms with E-state index in [0.717, 1.165) is 28.0 Å². The van der Waals surface area contributed by atoms with Gasteiger partial charge in [-0.1, -0.05) is 60.7 Å². The molecule has 0 aliphatic rings. The minimum Gasteiger partial charge on any atom is -0.477 e. The Morgan fingerprint density at radius 1 is 1.00 bits per heavy atom. The van der Waals surface area contributed by atoms with Gasteiger partial charge in [-0.3, -0.25) is 4.79 Å². The van der Waals surface area contributed by atoms with Gasteiger partial charge in [0, 0.05) is 31.0 Å². The molecular weight excluding hydrogens is 352 g/mol. The third-order valence-corrected chi connectivity index (χ3v) is 5.18. The third-order valence-electron chi connectivity index (χ3n) is 5.18. The van der Waals surface area contributed by atoms with E-state index in [1.165, 1.54) is 6.20 Å². The monoisotopic (exact) mass is 372 g/mol. The van der Waals surface area contributed by atoms with E-state index in [-0.39, 0.29) is 5.56 Å². The van der Waals surface area contributed by atoms with E-state index in [2.05, 4.69) is 0 Å². The Kier molecular flexibility index (Phi) is 4.35. The average Bonchev–Trinajstić information content (AvgIpc) is 2.97. The highest BCUT2D eigenvalue weighted by atomic mass is 16.4. The van der Waals surface area contributed by atoms with Crippen LogP contribution in [0.2, 0.25) is 0 Å². The van der Waals surface area contributed by atoms with Crippen molar-refractivity contribution in [2.45, 2.75) is 13.5 Å². The Labute approximate surface area is 162 Å². The summed E-state index contributed by atoms with van der Waals surface area (Å²) in [6.07, 6.45) is 1.46. The van der Waals surface area contributed by atoms with E-state index in [9.17, 15) is 14.7 Å². The smallest absolute Gasteiger partial charge is 0.341 e. The van der Waals surface area contributed by atoms with Crippen LogP contribution < -0.4 is 5.43 Å². The molecule has 0 atom stereocenters. The number of aromatic carboxylic acids is 1. The van der Waals surface area contributed by atoms with Gasteiger partial charge < -0.3 is 14.2 Å².